The molecule has 0 aliphatic rings. The molecule has 21 heavy (non-hydrogen) atoms. The van der Waals surface area contributed by atoms with Crippen LogP contribution in [0.15, 0.2) is 40.9 Å². The number of hydrogen-bond acceptors (Lipinski definition) is 2. The molecule has 3 heteroatoms. The molecule has 0 aliphatic heterocycles. The van der Waals surface area contributed by atoms with Gasteiger partial charge in [-0.05, 0) is 67.6 Å². The van der Waals surface area contributed by atoms with Gasteiger partial charge >= 0.3 is 0 Å². The number of nitrogens with two attached hydrogens (primary N) is 1. The van der Waals surface area contributed by atoms with Crippen LogP contribution in [0.1, 0.15) is 30.0 Å². The summed E-state index contributed by atoms with van der Waals surface area (Å²) in [7, 11) is 0. The number of benzene rings is 2. The molecule has 0 heterocycles. The van der Waals surface area contributed by atoms with Crippen molar-refractivity contribution in [3.8, 4) is 11.5 Å². The lowest BCUT2D eigenvalue weighted by molar-refractivity contribution is 0.468. The van der Waals surface area contributed by atoms with E-state index in [4.69, 9.17) is 10.5 Å². The molecule has 2 aromatic rings. The van der Waals surface area contributed by atoms with Gasteiger partial charge in [-0.2, -0.15) is 0 Å². The van der Waals surface area contributed by atoms with Crippen LogP contribution in [-0.4, -0.2) is 6.04 Å². The minimum Gasteiger partial charge on any atom is -0.457 e. The summed E-state index contributed by atoms with van der Waals surface area (Å²) < 4.78 is 7.20. The summed E-state index contributed by atoms with van der Waals surface area (Å²) >= 11 is 3.52. The van der Waals surface area contributed by atoms with Crippen LogP contribution in [0.2, 0.25) is 0 Å². The van der Waals surface area contributed by atoms with Crippen molar-refractivity contribution in [1.29, 1.82) is 0 Å². The molecule has 0 radical (unpaired) electrons. The van der Waals surface area contributed by atoms with Crippen LogP contribution in [0.25, 0.3) is 0 Å². The molecule has 0 saturated carbocycles. The highest BCUT2D eigenvalue weighted by molar-refractivity contribution is 9.10. The van der Waals surface area contributed by atoms with E-state index in [1.54, 1.807) is 0 Å². The molecule has 0 fully saturated rings. The van der Waals surface area contributed by atoms with E-state index in [-0.39, 0.29) is 6.04 Å². The Morgan fingerprint density at radius 1 is 1.10 bits per heavy atom. The van der Waals surface area contributed by atoms with Gasteiger partial charge in [-0.3, -0.25) is 0 Å². The average Bonchev–Trinajstić information content (AvgIpc) is 2.45. The zero-order valence-corrected chi connectivity index (χ0v) is 14.4. The van der Waals surface area contributed by atoms with Crippen LogP contribution in [0.4, 0.5) is 0 Å². The quantitative estimate of drug-likeness (QED) is 0.812. The fraction of sp³-hybridized carbons (Fsp3) is 0.333. The van der Waals surface area contributed by atoms with E-state index >= 15 is 0 Å². The third-order valence-corrected chi connectivity index (χ3v) is 4.09. The highest BCUT2D eigenvalue weighted by Gasteiger charge is 2.11. The topological polar surface area (TPSA) is 35.2 Å². The zero-order valence-electron chi connectivity index (χ0n) is 12.8. The zero-order chi connectivity index (χ0) is 15.4. The van der Waals surface area contributed by atoms with Gasteiger partial charge in [-0.15, -0.1) is 0 Å². The van der Waals surface area contributed by atoms with Gasteiger partial charge in [0.25, 0.3) is 0 Å². The molecule has 0 amide bonds. The molecule has 0 bridgehead atoms. The fourth-order valence-electron chi connectivity index (χ4n) is 2.17. The Hall–Kier alpha value is -1.32. The molecular formula is C18H22BrNO. The number of aryl methyl sites for hydroxylation is 2. The normalized spacial score (nSPS) is 12.2. The monoisotopic (exact) mass is 347 g/mol. The summed E-state index contributed by atoms with van der Waals surface area (Å²) in [6.07, 6.45) is 1.77. The van der Waals surface area contributed by atoms with E-state index in [0.717, 1.165) is 39.9 Å². The second-order valence-electron chi connectivity index (χ2n) is 5.50. The van der Waals surface area contributed by atoms with Crippen molar-refractivity contribution in [2.75, 3.05) is 0 Å². The smallest absolute Gasteiger partial charge is 0.130 e. The molecule has 0 aromatic heterocycles. The maximum atomic E-state index is 6.15. The van der Waals surface area contributed by atoms with Crippen molar-refractivity contribution in [2.24, 2.45) is 5.73 Å². The number of ether oxygens (including phenoxy) is 1. The van der Waals surface area contributed by atoms with Crippen LogP contribution in [0, 0.1) is 13.8 Å². The van der Waals surface area contributed by atoms with E-state index in [0.29, 0.717) is 0 Å². The maximum Gasteiger partial charge on any atom is 0.130 e. The summed E-state index contributed by atoms with van der Waals surface area (Å²) in [6.45, 7) is 6.24. The minimum atomic E-state index is 0.153. The molecule has 2 N–H and O–H groups in total. The van der Waals surface area contributed by atoms with Gasteiger partial charge in [0.2, 0.25) is 0 Å². The Balaban J connectivity index is 2.32. The Labute approximate surface area is 135 Å². The Morgan fingerprint density at radius 2 is 1.86 bits per heavy atom. The lowest BCUT2D eigenvalue weighted by Gasteiger charge is -2.16. The van der Waals surface area contributed by atoms with Crippen LogP contribution in [-0.2, 0) is 6.42 Å². The molecule has 1 unspecified atom stereocenters. The van der Waals surface area contributed by atoms with E-state index in [1.807, 2.05) is 12.1 Å². The van der Waals surface area contributed by atoms with Crippen LogP contribution < -0.4 is 10.5 Å². The lowest BCUT2D eigenvalue weighted by atomic mass is 10.0. The van der Waals surface area contributed by atoms with Gasteiger partial charge in [0.15, 0.2) is 0 Å². The third kappa shape index (κ3) is 4.32. The van der Waals surface area contributed by atoms with Crippen molar-refractivity contribution in [3.63, 3.8) is 0 Å². The molecule has 2 nitrogen and oxygen atoms in total. The predicted octanol–water partition coefficient (Wildman–Crippen LogP) is 5.14. The lowest BCUT2D eigenvalue weighted by Crippen LogP contribution is -2.21. The summed E-state index contributed by atoms with van der Waals surface area (Å²) in [5.74, 6) is 1.79. The van der Waals surface area contributed by atoms with E-state index in [2.05, 4.69) is 61.0 Å². The van der Waals surface area contributed by atoms with Gasteiger partial charge in [0.1, 0.15) is 11.5 Å². The summed E-state index contributed by atoms with van der Waals surface area (Å²) in [5.41, 5.74) is 9.57. The molecule has 0 saturated heterocycles. The Bertz CT molecular complexity index is 625. The highest BCUT2D eigenvalue weighted by atomic mass is 79.9. The first-order valence-electron chi connectivity index (χ1n) is 7.28. The first-order valence-corrected chi connectivity index (χ1v) is 8.08. The van der Waals surface area contributed by atoms with Crippen molar-refractivity contribution in [2.45, 2.75) is 39.7 Å². The SMILES string of the molecule is CCC(N)Cc1cc(Br)ccc1Oc1cc(C)ccc1C. The Kier molecular flexibility index (Phi) is 5.43. The standard InChI is InChI=1S/C18H22BrNO/c1-4-16(20)11-14-10-15(19)7-8-17(14)21-18-9-12(2)5-6-13(18)3/h5-10,16H,4,11,20H2,1-3H3. The third-order valence-electron chi connectivity index (χ3n) is 3.59. The predicted molar refractivity (Wildman–Crippen MR) is 92.1 cm³/mol. The van der Waals surface area contributed by atoms with Gasteiger partial charge in [-0.1, -0.05) is 35.0 Å². The molecule has 2 rings (SSSR count). The Morgan fingerprint density at radius 3 is 2.57 bits per heavy atom. The van der Waals surface area contributed by atoms with Crippen molar-refractivity contribution >= 4 is 15.9 Å². The average molecular weight is 348 g/mol. The van der Waals surface area contributed by atoms with Gasteiger partial charge in [0, 0.05) is 10.5 Å². The van der Waals surface area contributed by atoms with E-state index in [9.17, 15) is 0 Å². The second kappa shape index (κ2) is 7.10. The molecular weight excluding hydrogens is 326 g/mol. The second-order valence-corrected chi connectivity index (χ2v) is 6.41. The number of rotatable bonds is 5. The summed E-state index contributed by atoms with van der Waals surface area (Å²) in [5, 5.41) is 0. The minimum absolute atomic E-state index is 0.153. The van der Waals surface area contributed by atoms with Crippen LogP contribution >= 0.6 is 15.9 Å². The van der Waals surface area contributed by atoms with E-state index in [1.165, 1.54) is 5.56 Å². The van der Waals surface area contributed by atoms with Crippen LogP contribution in [0.3, 0.4) is 0 Å². The highest BCUT2D eigenvalue weighted by Crippen LogP contribution is 2.31. The summed E-state index contributed by atoms with van der Waals surface area (Å²) in [6, 6.07) is 12.5. The number of hydrogen-bond donors (Lipinski definition) is 1. The molecule has 0 spiro atoms. The van der Waals surface area contributed by atoms with Crippen molar-refractivity contribution in [3.05, 3.63) is 57.6 Å². The maximum absolute atomic E-state index is 6.15. The van der Waals surface area contributed by atoms with Gasteiger partial charge in [0.05, 0.1) is 0 Å². The van der Waals surface area contributed by atoms with E-state index < -0.39 is 0 Å². The number of halogens is 1. The molecule has 1 atom stereocenters. The first-order chi connectivity index (χ1) is 9.99. The molecule has 0 aliphatic carbocycles. The van der Waals surface area contributed by atoms with Crippen molar-refractivity contribution < 1.29 is 4.74 Å². The molecule has 2 aromatic carbocycles. The summed E-state index contributed by atoms with van der Waals surface area (Å²) in [4.78, 5) is 0. The fourth-order valence-corrected chi connectivity index (χ4v) is 2.58. The largest absolute Gasteiger partial charge is 0.457 e. The van der Waals surface area contributed by atoms with Gasteiger partial charge < -0.3 is 10.5 Å². The first kappa shape index (κ1) is 16.1. The van der Waals surface area contributed by atoms with Gasteiger partial charge in [-0.25, -0.2) is 0 Å². The van der Waals surface area contributed by atoms with Crippen molar-refractivity contribution in [1.82, 2.24) is 0 Å². The molecule has 112 valence electrons. The van der Waals surface area contributed by atoms with Crippen LogP contribution in [0.5, 0.6) is 11.5 Å².